The van der Waals surface area contributed by atoms with E-state index >= 15 is 0 Å². The molecule has 0 rings (SSSR count). The van der Waals surface area contributed by atoms with Crippen LogP contribution >= 0.6 is 0 Å². The summed E-state index contributed by atoms with van der Waals surface area (Å²) >= 11 is 0. The van der Waals surface area contributed by atoms with Gasteiger partial charge in [0.2, 0.25) is 0 Å². The van der Waals surface area contributed by atoms with E-state index in [2.05, 4.69) is 0 Å². The maximum Gasteiger partial charge on any atom is 0.137 e. The van der Waals surface area contributed by atoms with Gasteiger partial charge in [-0.2, -0.15) is 0 Å². The number of nitrogens with two attached hydrogens (primary N) is 1. The van der Waals surface area contributed by atoms with Crippen LogP contribution in [0.25, 0.3) is 0 Å². The van der Waals surface area contributed by atoms with Crippen LogP contribution in [-0.4, -0.2) is 24.0 Å². The van der Waals surface area contributed by atoms with Crippen LogP contribution in [0.4, 0.5) is 0 Å². The molecule has 0 aromatic rings. The summed E-state index contributed by atoms with van der Waals surface area (Å²) in [6.45, 7) is 3.87. The van der Waals surface area contributed by atoms with Gasteiger partial charge in [-0.15, -0.1) is 0 Å². The predicted molar refractivity (Wildman–Crippen MR) is 31.3 cm³/mol. The molecule has 3 N–H and O–H groups in total. The average molecular weight is 119 g/mol. The van der Waals surface area contributed by atoms with Gasteiger partial charge in [0.25, 0.3) is 0 Å². The molecule has 0 aliphatic heterocycles. The van der Waals surface area contributed by atoms with Crippen LogP contribution in [0.2, 0.25) is 0 Å². The van der Waals surface area contributed by atoms with Gasteiger partial charge in [0.1, 0.15) is 5.72 Å². The Balaban J connectivity index is 3.37. The Hall–Kier alpha value is -0.120. The summed E-state index contributed by atoms with van der Waals surface area (Å²) < 4.78 is 4.91. The number of aliphatic hydroxyl groups excluding tert-OH is 1. The third-order valence-corrected chi connectivity index (χ3v) is 0.788. The molecule has 50 valence electrons. The van der Waals surface area contributed by atoms with Crippen molar-refractivity contribution in [2.24, 2.45) is 5.73 Å². The van der Waals surface area contributed by atoms with E-state index < -0.39 is 5.72 Å². The Labute approximate surface area is 49.4 Å². The van der Waals surface area contributed by atoms with Crippen LogP contribution in [0.5, 0.6) is 0 Å². The zero-order valence-corrected chi connectivity index (χ0v) is 5.35. The summed E-state index contributed by atoms with van der Waals surface area (Å²) in [5.41, 5.74) is 4.50. The highest BCUT2D eigenvalue weighted by molar-refractivity contribution is 4.62. The lowest BCUT2D eigenvalue weighted by atomic mass is 10.3. The van der Waals surface area contributed by atoms with Crippen LogP contribution in [0.1, 0.15) is 13.8 Å². The van der Waals surface area contributed by atoms with E-state index in [1.807, 2.05) is 6.92 Å². The highest BCUT2D eigenvalue weighted by Gasteiger charge is 2.14. The SMILES string of the molecule is CCOC(C)(N)CO. The maximum atomic E-state index is 8.48. The Morgan fingerprint density at radius 3 is 2.38 bits per heavy atom. The van der Waals surface area contributed by atoms with E-state index in [0.29, 0.717) is 6.61 Å². The van der Waals surface area contributed by atoms with Crippen molar-refractivity contribution in [2.45, 2.75) is 19.6 Å². The zero-order chi connectivity index (χ0) is 6.62. The van der Waals surface area contributed by atoms with Gasteiger partial charge in [-0.25, -0.2) is 0 Å². The number of rotatable bonds is 3. The van der Waals surface area contributed by atoms with E-state index in [4.69, 9.17) is 15.6 Å². The van der Waals surface area contributed by atoms with E-state index in [1.165, 1.54) is 0 Å². The molecule has 0 aliphatic carbocycles. The molecule has 0 saturated carbocycles. The first-order valence-electron chi connectivity index (χ1n) is 2.66. The molecular formula is C5H13NO2. The molecule has 3 nitrogen and oxygen atoms in total. The first-order chi connectivity index (χ1) is 3.62. The lowest BCUT2D eigenvalue weighted by molar-refractivity contribution is -0.0568. The Morgan fingerprint density at radius 2 is 2.25 bits per heavy atom. The van der Waals surface area contributed by atoms with Gasteiger partial charge in [-0.3, -0.25) is 0 Å². The van der Waals surface area contributed by atoms with Crippen molar-refractivity contribution < 1.29 is 9.84 Å². The lowest BCUT2D eigenvalue weighted by Gasteiger charge is -2.20. The van der Waals surface area contributed by atoms with Gasteiger partial charge in [0.15, 0.2) is 0 Å². The summed E-state index contributed by atoms with van der Waals surface area (Å²) in [4.78, 5) is 0. The number of aliphatic hydroxyl groups is 1. The summed E-state index contributed by atoms with van der Waals surface area (Å²) in [5, 5.41) is 8.48. The van der Waals surface area contributed by atoms with Gasteiger partial charge < -0.3 is 15.6 Å². The maximum absolute atomic E-state index is 8.48. The van der Waals surface area contributed by atoms with E-state index in [9.17, 15) is 0 Å². The molecule has 8 heavy (non-hydrogen) atoms. The fourth-order valence-electron chi connectivity index (χ4n) is 0.375. The molecule has 0 aromatic heterocycles. The third-order valence-electron chi connectivity index (χ3n) is 0.788. The van der Waals surface area contributed by atoms with Crippen LogP contribution in [-0.2, 0) is 4.74 Å². The normalized spacial score (nSPS) is 18.0. The van der Waals surface area contributed by atoms with Crippen molar-refractivity contribution in [1.82, 2.24) is 0 Å². The molecule has 3 heteroatoms. The Kier molecular flexibility index (Phi) is 2.97. The molecule has 0 amide bonds. The molecule has 1 unspecified atom stereocenters. The van der Waals surface area contributed by atoms with Gasteiger partial charge >= 0.3 is 0 Å². The molecular weight excluding hydrogens is 106 g/mol. The lowest BCUT2D eigenvalue weighted by Crippen LogP contribution is -2.42. The highest BCUT2D eigenvalue weighted by Crippen LogP contribution is 1.97. The second kappa shape index (κ2) is 3.02. The molecule has 0 aliphatic rings. The quantitative estimate of drug-likeness (QED) is 0.501. The predicted octanol–water partition coefficient (Wildman–Crippen LogP) is -0.310. The Morgan fingerprint density at radius 1 is 1.75 bits per heavy atom. The molecule has 0 radical (unpaired) electrons. The van der Waals surface area contributed by atoms with Gasteiger partial charge in [-0.1, -0.05) is 0 Å². The van der Waals surface area contributed by atoms with Gasteiger partial charge in [0, 0.05) is 6.61 Å². The van der Waals surface area contributed by atoms with Crippen LogP contribution in [0.3, 0.4) is 0 Å². The zero-order valence-electron chi connectivity index (χ0n) is 5.35. The molecule has 1 atom stereocenters. The first-order valence-corrected chi connectivity index (χ1v) is 2.66. The van der Waals surface area contributed by atoms with E-state index in [1.54, 1.807) is 6.92 Å². The summed E-state index contributed by atoms with van der Waals surface area (Å²) in [7, 11) is 0. The van der Waals surface area contributed by atoms with Crippen molar-refractivity contribution in [3.8, 4) is 0 Å². The number of hydrogen-bond acceptors (Lipinski definition) is 3. The summed E-state index contributed by atoms with van der Waals surface area (Å²) in [6.07, 6.45) is 0. The fraction of sp³-hybridized carbons (Fsp3) is 1.00. The van der Waals surface area contributed by atoms with Crippen molar-refractivity contribution in [2.75, 3.05) is 13.2 Å². The average Bonchev–Trinajstić information content (AvgIpc) is 1.67. The monoisotopic (exact) mass is 119 g/mol. The third kappa shape index (κ3) is 2.96. The molecule has 0 heterocycles. The topological polar surface area (TPSA) is 55.5 Å². The summed E-state index contributed by atoms with van der Waals surface area (Å²) in [6, 6.07) is 0. The molecule has 0 saturated heterocycles. The van der Waals surface area contributed by atoms with E-state index in [0.717, 1.165) is 0 Å². The number of hydrogen-bond donors (Lipinski definition) is 2. The molecule has 0 aromatic carbocycles. The van der Waals surface area contributed by atoms with Gasteiger partial charge in [-0.05, 0) is 13.8 Å². The minimum absolute atomic E-state index is 0.138. The van der Waals surface area contributed by atoms with Crippen molar-refractivity contribution in [3.63, 3.8) is 0 Å². The molecule has 0 fully saturated rings. The summed E-state index contributed by atoms with van der Waals surface area (Å²) in [5.74, 6) is 0. The van der Waals surface area contributed by atoms with Gasteiger partial charge in [0.05, 0.1) is 6.61 Å². The fourth-order valence-corrected chi connectivity index (χ4v) is 0.375. The van der Waals surface area contributed by atoms with Crippen LogP contribution < -0.4 is 5.73 Å². The molecule has 0 bridgehead atoms. The number of ether oxygens (including phenoxy) is 1. The standard InChI is InChI=1S/C5H13NO2/c1-3-8-5(2,6)4-7/h7H,3-4,6H2,1-2H3. The van der Waals surface area contributed by atoms with Crippen LogP contribution in [0, 0.1) is 0 Å². The highest BCUT2D eigenvalue weighted by atomic mass is 16.5. The smallest absolute Gasteiger partial charge is 0.137 e. The van der Waals surface area contributed by atoms with E-state index in [-0.39, 0.29) is 6.61 Å². The van der Waals surface area contributed by atoms with Crippen molar-refractivity contribution in [3.05, 3.63) is 0 Å². The first kappa shape index (κ1) is 7.88. The minimum atomic E-state index is -0.852. The minimum Gasteiger partial charge on any atom is -0.392 e. The molecule has 0 spiro atoms. The van der Waals surface area contributed by atoms with Crippen molar-refractivity contribution >= 4 is 0 Å². The van der Waals surface area contributed by atoms with Crippen LogP contribution in [0.15, 0.2) is 0 Å². The second-order valence-corrected chi connectivity index (χ2v) is 1.90. The van der Waals surface area contributed by atoms with Crippen molar-refractivity contribution in [1.29, 1.82) is 0 Å². The second-order valence-electron chi connectivity index (χ2n) is 1.90. The largest absolute Gasteiger partial charge is 0.392 e. The Bertz CT molecular complexity index is 63.4.